The van der Waals surface area contributed by atoms with E-state index in [9.17, 15) is 0 Å². The van der Waals surface area contributed by atoms with Crippen LogP contribution in [0, 0.1) is 5.92 Å². The van der Waals surface area contributed by atoms with Crippen molar-refractivity contribution in [2.75, 3.05) is 13.4 Å². The first kappa shape index (κ1) is 6.99. The highest BCUT2D eigenvalue weighted by Gasteiger charge is 2.21. The van der Waals surface area contributed by atoms with Crippen LogP contribution in [-0.4, -0.2) is 24.8 Å². The summed E-state index contributed by atoms with van der Waals surface area (Å²) in [6.07, 6.45) is 0.296. The minimum atomic E-state index is -0.608. The molecule has 0 radical (unpaired) electrons. The molecule has 1 saturated heterocycles. The van der Waals surface area contributed by atoms with Gasteiger partial charge in [0.2, 0.25) is 0 Å². The summed E-state index contributed by atoms with van der Waals surface area (Å²) in [6.45, 7) is 2.86. The lowest BCUT2D eigenvalue weighted by Gasteiger charge is -2.26. The third-order valence-corrected chi connectivity index (χ3v) is 1.58. The zero-order valence-electron chi connectivity index (χ0n) is 5.54. The van der Waals surface area contributed by atoms with Crippen molar-refractivity contribution >= 4 is 0 Å². The van der Waals surface area contributed by atoms with Gasteiger partial charge in [0, 0.05) is 5.92 Å². The normalized spacial score (nSPS) is 36.7. The number of hydrogen-bond donors (Lipinski definition) is 1. The van der Waals surface area contributed by atoms with Crippen molar-refractivity contribution in [3.63, 3.8) is 0 Å². The predicted molar refractivity (Wildman–Crippen MR) is 31.7 cm³/mol. The number of aliphatic hydroxyl groups is 1. The van der Waals surface area contributed by atoms with Crippen LogP contribution in [0.3, 0.4) is 0 Å². The summed E-state index contributed by atoms with van der Waals surface area (Å²) >= 11 is 0. The summed E-state index contributed by atoms with van der Waals surface area (Å²) in [5.74, 6) is 0.166. The Labute approximate surface area is 54.6 Å². The van der Waals surface area contributed by atoms with Gasteiger partial charge in [-0.2, -0.15) is 0 Å². The number of hydrogen-bond acceptors (Lipinski definition) is 3. The molecular formula is C6H12O3. The van der Waals surface area contributed by atoms with Gasteiger partial charge in [-0.05, 0) is 6.42 Å². The molecule has 1 aliphatic heterocycles. The highest BCUT2D eigenvalue weighted by atomic mass is 16.7. The van der Waals surface area contributed by atoms with E-state index >= 15 is 0 Å². The van der Waals surface area contributed by atoms with Gasteiger partial charge in [-0.1, -0.05) is 6.92 Å². The molecule has 1 rings (SSSR count). The largest absolute Gasteiger partial charge is 0.368 e. The first-order valence-electron chi connectivity index (χ1n) is 3.22. The molecule has 2 unspecified atom stereocenters. The fraction of sp³-hybridized carbons (Fsp3) is 1.00. The van der Waals surface area contributed by atoms with Crippen LogP contribution in [0.5, 0.6) is 0 Å². The Kier molecular flexibility index (Phi) is 2.45. The summed E-state index contributed by atoms with van der Waals surface area (Å²) < 4.78 is 9.78. The van der Waals surface area contributed by atoms with Crippen LogP contribution in [0.1, 0.15) is 13.3 Å². The first-order valence-corrected chi connectivity index (χ1v) is 3.22. The van der Waals surface area contributed by atoms with E-state index in [2.05, 4.69) is 0 Å². The molecule has 0 aliphatic carbocycles. The van der Waals surface area contributed by atoms with Crippen molar-refractivity contribution in [3.05, 3.63) is 0 Å². The number of ether oxygens (including phenoxy) is 2. The second-order valence-corrected chi connectivity index (χ2v) is 2.21. The second-order valence-electron chi connectivity index (χ2n) is 2.21. The highest BCUT2D eigenvalue weighted by molar-refractivity contribution is 4.60. The van der Waals surface area contributed by atoms with Gasteiger partial charge in [0.05, 0.1) is 6.61 Å². The molecule has 0 bridgehead atoms. The monoisotopic (exact) mass is 132 g/mol. The molecule has 0 aromatic heterocycles. The Morgan fingerprint density at radius 2 is 2.44 bits per heavy atom. The molecule has 0 amide bonds. The van der Waals surface area contributed by atoms with E-state index in [0.717, 1.165) is 6.42 Å². The molecule has 1 aliphatic rings. The lowest BCUT2D eigenvalue weighted by atomic mass is 10.1. The highest BCUT2D eigenvalue weighted by Crippen LogP contribution is 2.14. The minimum absolute atomic E-state index is 0.166. The molecule has 0 spiro atoms. The molecular weight excluding hydrogens is 120 g/mol. The number of aliphatic hydroxyl groups excluding tert-OH is 1. The van der Waals surface area contributed by atoms with Crippen molar-refractivity contribution in [3.8, 4) is 0 Å². The number of rotatable bonds is 1. The topological polar surface area (TPSA) is 38.7 Å². The molecule has 3 nitrogen and oxygen atoms in total. The van der Waals surface area contributed by atoms with Crippen LogP contribution in [-0.2, 0) is 9.47 Å². The Morgan fingerprint density at radius 1 is 1.67 bits per heavy atom. The average Bonchev–Trinajstić information content (AvgIpc) is 1.89. The average molecular weight is 132 g/mol. The Morgan fingerprint density at radius 3 is 2.89 bits per heavy atom. The summed E-state index contributed by atoms with van der Waals surface area (Å²) in [4.78, 5) is 0. The van der Waals surface area contributed by atoms with Gasteiger partial charge in [-0.3, -0.25) is 0 Å². The third-order valence-electron chi connectivity index (χ3n) is 1.58. The van der Waals surface area contributed by atoms with Gasteiger partial charge in [-0.15, -0.1) is 0 Å². The van der Waals surface area contributed by atoms with Gasteiger partial charge < -0.3 is 14.6 Å². The zero-order valence-corrected chi connectivity index (χ0v) is 5.54. The van der Waals surface area contributed by atoms with Crippen LogP contribution in [0.25, 0.3) is 0 Å². The van der Waals surface area contributed by atoms with E-state index in [4.69, 9.17) is 14.6 Å². The van der Waals surface area contributed by atoms with E-state index in [1.807, 2.05) is 6.92 Å². The van der Waals surface area contributed by atoms with Gasteiger partial charge in [0.1, 0.15) is 6.79 Å². The third kappa shape index (κ3) is 1.64. The van der Waals surface area contributed by atoms with E-state index in [1.165, 1.54) is 0 Å². The zero-order chi connectivity index (χ0) is 6.69. The Balaban J connectivity index is 2.30. The molecule has 3 heteroatoms. The summed E-state index contributed by atoms with van der Waals surface area (Å²) in [5, 5.41) is 9.07. The van der Waals surface area contributed by atoms with E-state index in [-0.39, 0.29) is 12.7 Å². The Hall–Kier alpha value is -0.120. The van der Waals surface area contributed by atoms with Crippen molar-refractivity contribution < 1.29 is 14.6 Å². The maximum atomic E-state index is 9.07. The molecule has 9 heavy (non-hydrogen) atoms. The fourth-order valence-electron chi connectivity index (χ4n) is 0.855. The quantitative estimate of drug-likeness (QED) is 0.559. The summed E-state index contributed by atoms with van der Waals surface area (Å²) in [6, 6.07) is 0. The SMILES string of the molecule is CCC1COCOC1O. The smallest absolute Gasteiger partial charge is 0.162 e. The van der Waals surface area contributed by atoms with Crippen LogP contribution < -0.4 is 0 Å². The maximum Gasteiger partial charge on any atom is 0.162 e. The van der Waals surface area contributed by atoms with E-state index < -0.39 is 6.29 Å². The lowest BCUT2D eigenvalue weighted by Crippen LogP contribution is -2.33. The van der Waals surface area contributed by atoms with E-state index in [1.54, 1.807) is 0 Å². The van der Waals surface area contributed by atoms with Crippen LogP contribution in [0.2, 0.25) is 0 Å². The summed E-state index contributed by atoms with van der Waals surface area (Å²) in [5.41, 5.74) is 0. The van der Waals surface area contributed by atoms with Crippen LogP contribution in [0.4, 0.5) is 0 Å². The molecule has 54 valence electrons. The van der Waals surface area contributed by atoms with Crippen LogP contribution in [0.15, 0.2) is 0 Å². The van der Waals surface area contributed by atoms with Crippen molar-refractivity contribution in [1.82, 2.24) is 0 Å². The molecule has 1 N–H and O–H groups in total. The van der Waals surface area contributed by atoms with Gasteiger partial charge >= 0.3 is 0 Å². The van der Waals surface area contributed by atoms with Gasteiger partial charge in [0.25, 0.3) is 0 Å². The second kappa shape index (κ2) is 3.15. The fourth-order valence-corrected chi connectivity index (χ4v) is 0.855. The summed E-state index contributed by atoms with van der Waals surface area (Å²) in [7, 11) is 0. The van der Waals surface area contributed by atoms with Gasteiger partial charge in [-0.25, -0.2) is 0 Å². The van der Waals surface area contributed by atoms with E-state index in [0.29, 0.717) is 6.61 Å². The predicted octanol–water partition coefficient (Wildman–Crippen LogP) is 0.335. The molecule has 0 aromatic rings. The Bertz CT molecular complexity index is 84.4. The molecule has 0 saturated carbocycles. The molecule has 1 heterocycles. The molecule has 2 atom stereocenters. The van der Waals surface area contributed by atoms with Crippen LogP contribution >= 0.6 is 0 Å². The molecule has 1 fully saturated rings. The first-order chi connectivity index (χ1) is 4.34. The molecule has 0 aromatic carbocycles. The maximum absolute atomic E-state index is 9.07. The standard InChI is InChI=1S/C6H12O3/c1-2-5-3-8-4-9-6(5)7/h5-7H,2-4H2,1H3. The van der Waals surface area contributed by atoms with Crippen molar-refractivity contribution in [2.24, 2.45) is 5.92 Å². The van der Waals surface area contributed by atoms with Crippen molar-refractivity contribution in [1.29, 1.82) is 0 Å². The minimum Gasteiger partial charge on any atom is -0.368 e. The van der Waals surface area contributed by atoms with Crippen molar-refractivity contribution in [2.45, 2.75) is 19.6 Å². The van der Waals surface area contributed by atoms with Gasteiger partial charge in [0.15, 0.2) is 6.29 Å². The lowest BCUT2D eigenvalue weighted by molar-refractivity contribution is -0.245.